The lowest BCUT2D eigenvalue weighted by Crippen LogP contribution is -2.43. The number of alkyl halides is 3. The fourth-order valence-corrected chi connectivity index (χ4v) is 4.54. The highest BCUT2D eigenvalue weighted by Crippen LogP contribution is 2.40. The van der Waals surface area contributed by atoms with Crippen molar-refractivity contribution < 1.29 is 41.4 Å². The smallest absolute Gasteiger partial charge is 0.421 e. The monoisotopic (exact) mass is 538 g/mol. The summed E-state index contributed by atoms with van der Waals surface area (Å²) in [6, 6.07) is 2.02. The van der Waals surface area contributed by atoms with Gasteiger partial charge in [0.25, 0.3) is 0 Å². The molecule has 1 aliphatic carbocycles. The zero-order chi connectivity index (χ0) is 28.2. The number of benzene rings is 1. The van der Waals surface area contributed by atoms with Crippen molar-refractivity contribution in [2.75, 3.05) is 12.0 Å². The first-order valence-corrected chi connectivity index (χ1v) is 12.3. The van der Waals surface area contributed by atoms with Crippen LogP contribution >= 0.6 is 0 Å². The van der Waals surface area contributed by atoms with Crippen molar-refractivity contribution in [2.24, 2.45) is 11.8 Å². The number of anilines is 1. The second-order valence-corrected chi connectivity index (χ2v) is 9.72. The molecule has 7 nitrogen and oxygen atoms in total. The third-order valence-corrected chi connectivity index (χ3v) is 6.57. The molecule has 1 aromatic heterocycles. The first-order chi connectivity index (χ1) is 17.9. The minimum absolute atomic E-state index is 0.00561. The Bertz CT molecular complexity index is 1190. The molecule has 1 amide bonds. The molecule has 0 saturated heterocycles. The molecule has 0 bridgehead atoms. The summed E-state index contributed by atoms with van der Waals surface area (Å²) in [5.41, 5.74) is -1.63. The molecule has 1 saturated carbocycles. The van der Waals surface area contributed by atoms with E-state index in [4.69, 9.17) is 9.47 Å². The van der Waals surface area contributed by atoms with E-state index in [1.54, 1.807) is 13.8 Å². The van der Waals surface area contributed by atoms with Gasteiger partial charge in [-0.05, 0) is 57.1 Å². The van der Waals surface area contributed by atoms with Gasteiger partial charge in [0.2, 0.25) is 11.8 Å². The molecule has 0 unspecified atom stereocenters. The molecule has 0 aliphatic heterocycles. The highest BCUT2D eigenvalue weighted by molar-refractivity contribution is 6.04. The molecule has 1 fully saturated rings. The number of nitrogens with zero attached hydrogens (tertiary/aromatic N) is 2. The Morgan fingerprint density at radius 3 is 2.37 bits per heavy atom. The standard InChI is InChI=1S/C27H30F4N2O5/c1-15(2)33(25(35)18-7-5-16(3)6-8-18)22-13-21(28)23(12-19(22)26(36)37-4)38-24-20(27(29,30)31)11-17(9-10-34)14-32-24/h10-16,18H,5-9H2,1-4H3. The third-order valence-electron chi connectivity index (χ3n) is 6.57. The number of ether oxygens (including phenoxy) is 2. The molecule has 1 heterocycles. The van der Waals surface area contributed by atoms with Gasteiger partial charge >= 0.3 is 12.1 Å². The van der Waals surface area contributed by atoms with Crippen molar-refractivity contribution >= 4 is 23.9 Å². The predicted molar refractivity (Wildman–Crippen MR) is 131 cm³/mol. The maximum absolute atomic E-state index is 15.3. The van der Waals surface area contributed by atoms with Crippen LogP contribution in [0.1, 0.15) is 67.9 Å². The Morgan fingerprint density at radius 2 is 1.82 bits per heavy atom. The van der Waals surface area contributed by atoms with Crippen molar-refractivity contribution in [2.45, 2.75) is 65.1 Å². The fraction of sp³-hybridized carbons (Fsp3) is 0.481. The van der Waals surface area contributed by atoms with Crippen LogP contribution in [0.4, 0.5) is 23.2 Å². The fourth-order valence-electron chi connectivity index (χ4n) is 4.54. The second-order valence-electron chi connectivity index (χ2n) is 9.72. The first kappa shape index (κ1) is 29.1. The van der Waals surface area contributed by atoms with Crippen molar-refractivity contribution in [3.8, 4) is 11.6 Å². The predicted octanol–water partition coefficient (Wildman–Crippen LogP) is 6.13. The quantitative estimate of drug-likeness (QED) is 0.228. The zero-order valence-electron chi connectivity index (χ0n) is 21.6. The number of aldehydes is 1. The number of rotatable bonds is 8. The van der Waals surface area contributed by atoms with E-state index < -0.39 is 41.2 Å². The summed E-state index contributed by atoms with van der Waals surface area (Å²) in [6.07, 6.45) is -0.725. The van der Waals surface area contributed by atoms with Crippen LogP contribution in [0.5, 0.6) is 11.6 Å². The van der Waals surface area contributed by atoms with Crippen LogP contribution in [0.15, 0.2) is 24.4 Å². The normalized spacial score (nSPS) is 17.7. The number of pyridine rings is 1. The number of carbonyl (C=O) groups is 3. The minimum atomic E-state index is -4.92. The number of halogens is 4. The lowest BCUT2D eigenvalue weighted by atomic mass is 9.82. The summed E-state index contributed by atoms with van der Waals surface area (Å²) >= 11 is 0. The number of methoxy groups -OCH3 is 1. The molecule has 1 aromatic carbocycles. The Morgan fingerprint density at radius 1 is 1.16 bits per heavy atom. The lowest BCUT2D eigenvalue weighted by Gasteiger charge is -2.34. The summed E-state index contributed by atoms with van der Waals surface area (Å²) in [5.74, 6) is -3.77. The van der Waals surface area contributed by atoms with Gasteiger partial charge in [0.15, 0.2) is 11.6 Å². The van der Waals surface area contributed by atoms with Gasteiger partial charge in [-0.3, -0.25) is 4.79 Å². The highest BCUT2D eigenvalue weighted by Gasteiger charge is 2.37. The van der Waals surface area contributed by atoms with Gasteiger partial charge in [-0.1, -0.05) is 6.92 Å². The van der Waals surface area contributed by atoms with Crippen LogP contribution < -0.4 is 9.64 Å². The van der Waals surface area contributed by atoms with E-state index in [2.05, 4.69) is 11.9 Å². The Kier molecular flexibility index (Phi) is 9.11. The van der Waals surface area contributed by atoms with Crippen LogP contribution in [0, 0.1) is 17.7 Å². The molecule has 38 heavy (non-hydrogen) atoms. The van der Waals surface area contributed by atoms with Crippen molar-refractivity contribution in [1.82, 2.24) is 4.98 Å². The number of hydrogen-bond acceptors (Lipinski definition) is 6. The Labute approximate surface area is 218 Å². The number of hydrogen-bond donors (Lipinski definition) is 0. The second kappa shape index (κ2) is 11.9. The maximum Gasteiger partial charge on any atom is 0.421 e. The molecular weight excluding hydrogens is 508 g/mol. The largest absolute Gasteiger partial charge is 0.465 e. The molecule has 3 rings (SSSR count). The minimum Gasteiger partial charge on any atom is -0.465 e. The van der Waals surface area contributed by atoms with Gasteiger partial charge in [-0.2, -0.15) is 13.2 Å². The summed E-state index contributed by atoms with van der Waals surface area (Å²) in [5, 5.41) is 0. The van der Waals surface area contributed by atoms with Crippen LogP contribution in [-0.4, -0.2) is 36.3 Å². The molecule has 0 atom stereocenters. The molecule has 2 aromatic rings. The van der Waals surface area contributed by atoms with Gasteiger partial charge in [0.05, 0.1) is 18.4 Å². The highest BCUT2D eigenvalue weighted by atomic mass is 19.4. The van der Waals surface area contributed by atoms with Crippen LogP contribution in [-0.2, 0) is 26.9 Å². The van der Waals surface area contributed by atoms with E-state index in [-0.39, 0.29) is 35.1 Å². The third kappa shape index (κ3) is 6.49. The molecule has 1 aliphatic rings. The Hall–Kier alpha value is -3.50. The van der Waals surface area contributed by atoms with Gasteiger partial charge in [0, 0.05) is 36.7 Å². The van der Waals surface area contributed by atoms with Crippen LogP contribution in [0.2, 0.25) is 0 Å². The van der Waals surface area contributed by atoms with Crippen molar-refractivity contribution in [3.63, 3.8) is 0 Å². The summed E-state index contributed by atoms with van der Waals surface area (Å²) in [7, 11) is 1.09. The van der Waals surface area contributed by atoms with E-state index >= 15 is 4.39 Å². The van der Waals surface area contributed by atoms with E-state index in [0.717, 1.165) is 38.3 Å². The first-order valence-electron chi connectivity index (χ1n) is 12.3. The van der Waals surface area contributed by atoms with E-state index in [0.29, 0.717) is 31.1 Å². The summed E-state index contributed by atoms with van der Waals surface area (Å²) in [4.78, 5) is 41.9. The molecule has 11 heteroatoms. The molecule has 206 valence electrons. The molecular formula is C27H30F4N2O5. The number of esters is 1. The number of amides is 1. The van der Waals surface area contributed by atoms with Gasteiger partial charge < -0.3 is 19.2 Å². The van der Waals surface area contributed by atoms with Crippen molar-refractivity contribution in [3.05, 3.63) is 46.9 Å². The number of aromatic nitrogens is 1. The maximum atomic E-state index is 15.3. The zero-order valence-corrected chi connectivity index (χ0v) is 21.6. The summed E-state index contributed by atoms with van der Waals surface area (Å²) < 4.78 is 66.4. The topological polar surface area (TPSA) is 85.8 Å². The Balaban J connectivity index is 2.07. The van der Waals surface area contributed by atoms with Gasteiger partial charge in [0.1, 0.15) is 11.8 Å². The molecule has 0 radical (unpaired) electrons. The number of carbonyl (C=O) groups excluding carboxylic acids is 3. The van der Waals surface area contributed by atoms with Crippen LogP contribution in [0.25, 0.3) is 0 Å². The van der Waals surface area contributed by atoms with Gasteiger partial charge in [-0.25, -0.2) is 14.2 Å². The summed E-state index contributed by atoms with van der Waals surface area (Å²) in [6.45, 7) is 5.54. The average molecular weight is 539 g/mol. The van der Waals surface area contributed by atoms with E-state index in [1.165, 1.54) is 4.90 Å². The van der Waals surface area contributed by atoms with Crippen molar-refractivity contribution in [1.29, 1.82) is 0 Å². The van der Waals surface area contributed by atoms with E-state index in [9.17, 15) is 27.6 Å². The van der Waals surface area contributed by atoms with Crippen LogP contribution in [0.3, 0.4) is 0 Å². The molecule has 0 N–H and O–H groups in total. The average Bonchev–Trinajstić information content (AvgIpc) is 2.85. The van der Waals surface area contributed by atoms with Gasteiger partial charge in [-0.15, -0.1) is 0 Å². The lowest BCUT2D eigenvalue weighted by molar-refractivity contribution is -0.139. The SMILES string of the molecule is COC(=O)c1cc(Oc2ncc(CC=O)cc2C(F)(F)F)c(F)cc1N(C(=O)C1CCC(C)CC1)C(C)C. The molecule has 0 spiro atoms. The van der Waals surface area contributed by atoms with E-state index in [1.807, 2.05) is 0 Å².